The van der Waals surface area contributed by atoms with E-state index in [1.165, 1.54) is 10.9 Å². The third-order valence-electron chi connectivity index (χ3n) is 3.16. The van der Waals surface area contributed by atoms with Gasteiger partial charge in [0.2, 0.25) is 0 Å². The van der Waals surface area contributed by atoms with Crippen molar-refractivity contribution in [3.63, 3.8) is 0 Å². The van der Waals surface area contributed by atoms with E-state index in [1.807, 2.05) is 6.07 Å². The lowest BCUT2D eigenvalue weighted by Gasteiger charge is -2.11. The van der Waals surface area contributed by atoms with Crippen LogP contribution in [0, 0.1) is 11.6 Å². The van der Waals surface area contributed by atoms with Crippen molar-refractivity contribution in [2.24, 2.45) is 4.99 Å². The predicted molar refractivity (Wildman–Crippen MR) is 87.4 cm³/mol. The lowest BCUT2D eigenvalue weighted by Crippen LogP contribution is -2.39. The van der Waals surface area contributed by atoms with Crippen LogP contribution in [0.2, 0.25) is 0 Å². The van der Waals surface area contributed by atoms with Gasteiger partial charge >= 0.3 is 0 Å². The maximum atomic E-state index is 13.5. The zero-order chi connectivity index (χ0) is 15.8. The summed E-state index contributed by atoms with van der Waals surface area (Å²) in [5.41, 5.74) is 0.363. The largest absolute Gasteiger partial charge is 0.356 e. The maximum Gasteiger partial charge on any atom is 0.190 e. The summed E-state index contributed by atoms with van der Waals surface area (Å²) >= 11 is 1.72. The number of hydrogen-bond acceptors (Lipinski definition) is 2. The van der Waals surface area contributed by atoms with E-state index in [1.54, 1.807) is 18.4 Å². The number of aliphatic imine (C=N–C) groups is 1. The van der Waals surface area contributed by atoms with E-state index in [9.17, 15) is 8.78 Å². The smallest absolute Gasteiger partial charge is 0.190 e. The van der Waals surface area contributed by atoms with Crippen LogP contribution in [0.3, 0.4) is 0 Å². The summed E-state index contributed by atoms with van der Waals surface area (Å²) in [6, 6.07) is 7.62. The summed E-state index contributed by atoms with van der Waals surface area (Å²) in [7, 11) is 1.68. The molecule has 2 N–H and O–H groups in total. The minimum absolute atomic E-state index is 0.363. The molecule has 0 fully saturated rings. The first-order valence-corrected chi connectivity index (χ1v) is 7.98. The number of guanidine groups is 1. The Labute approximate surface area is 133 Å². The summed E-state index contributed by atoms with van der Waals surface area (Å²) < 4.78 is 26.6. The van der Waals surface area contributed by atoms with Crippen LogP contribution in [0.25, 0.3) is 0 Å². The quantitative estimate of drug-likeness (QED) is 0.633. The second-order valence-corrected chi connectivity index (χ2v) is 5.77. The maximum absolute atomic E-state index is 13.5. The molecule has 1 aromatic heterocycles. The second-order valence-electron chi connectivity index (χ2n) is 4.74. The van der Waals surface area contributed by atoms with Crippen molar-refractivity contribution in [3.05, 3.63) is 57.8 Å². The fourth-order valence-electron chi connectivity index (χ4n) is 2.03. The second kappa shape index (κ2) is 8.48. The lowest BCUT2D eigenvalue weighted by molar-refractivity contribution is 0.583. The highest BCUT2D eigenvalue weighted by molar-refractivity contribution is 7.09. The van der Waals surface area contributed by atoms with Crippen molar-refractivity contribution in [1.82, 2.24) is 10.6 Å². The van der Waals surface area contributed by atoms with Crippen molar-refractivity contribution < 1.29 is 8.78 Å². The van der Waals surface area contributed by atoms with Crippen molar-refractivity contribution in [2.45, 2.75) is 12.8 Å². The predicted octanol–water partition coefficient (Wildman–Crippen LogP) is 2.98. The van der Waals surface area contributed by atoms with Crippen LogP contribution < -0.4 is 10.6 Å². The van der Waals surface area contributed by atoms with Crippen LogP contribution in [0.15, 0.2) is 40.7 Å². The zero-order valence-corrected chi connectivity index (χ0v) is 13.2. The Morgan fingerprint density at radius 2 is 1.91 bits per heavy atom. The van der Waals surface area contributed by atoms with Gasteiger partial charge in [-0.15, -0.1) is 11.3 Å². The Morgan fingerprint density at radius 3 is 2.59 bits per heavy atom. The molecular weight excluding hydrogens is 304 g/mol. The minimum Gasteiger partial charge on any atom is -0.356 e. The van der Waals surface area contributed by atoms with Gasteiger partial charge in [0.15, 0.2) is 5.96 Å². The highest BCUT2D eigenvalue weighted by Gasteiger charge is 2.04. The van der Waals surface area contributed by atoms with Gasteiger partial charge in [0.25, 0.3) is 0 Å². The first-order chi connectivity index (χ1) is 10.7. The molecule has 0 aliphatic heterocycles. The Balaban J connectivity index is 1.73. The fraction of sp³-hybridized carbons (Fsp3) is 0.312. The molecule has 0 radical (unpaired) electrons. The van der Waals surface area contributed by atoms with Gasteiger partial charge < -0.3 is 10.6 Å². The minimum atomic E-state index is -0.421. The molecule has 118 valence electrons. The third-order valence-corrected chi connectivity index (χ3v) is 4.10. The van der Waals surface area contributed by atoms with Crippen molar-refractivity contribution in [2.75, 3.05) is 20.1 Å². The molecule has 0 aliphatic carbocycles. The number of halogens is 2. The molecule has 1 heterocycles. The number of nitrogens with one attached hydrogen (secondary N) is 2. The summed E-state index contributed by atoms with van der Waals surface area (Å²) in [4.78, 5) is 5.42. The number of benzene rings is 1. The summed E-state index contributed by atoms with van der Waals surface area (Å²) in [6.07, 6.45) is 1.33. The standard InChI is InChI=1S/C16H19F2N3S/c1-19-16(21-9-7-14-3-2-10-22-14)20-8-6-12-11-13(17)4-5-15(12)18/h2-5,10-11H,6-9H2,1H3,(H2,19,20,21). The molecule has 0 atom stereocenters. The fourth-order valence-corrected chi connectivity index (χ4v) is 2.74. The van der Waals surface area contributed by atoms with Gasteiger partial charge in [-0.05, 0) is 48.1 Å². The van der Waals surface area contributed by atoms with E-state index in [-0.39, 0.29) is 5.82 Å². The van der Waals surface area contributed by atoms with E-state index >= 15 is 0 Å². The van der Waals surface area contributed by atoms with Gasteiger partial charge in [-0.25, -0.2) is 8.78 Å². The van der Waals surface area contributed by atoms with Crippen LogP contribution in [0.5, 0.6) is 0 Å². The first-order valence-electron chi connectivity index (χ1n) is 7.10. The molecule has 22 heavy (non-hydrogen) atoms. The average molecular weight is 323 g/mol. The number of hydrogen-bond donors (Lipinski definition) is 2. The van der Waals surface area contributed by atoms with Crippen LogP contribution in [-0.4, -0.2) is 26.1 Å². The Kier molecular flexibility index (Phi) is 6.33. The average Bonchev–Trinajstić information content (AvgIpc) is 3.02. The normalized spacial score (nSPS) is 11.5. The highest BCUT2D eigenvalue weighted by atomic mass is 32.1. The molecule has 0 bridgehead atoms. The molecular formula is C16H19F2N3S. The summed E-state index contributed by atoms with van der Waals surface area (Å²) in [5, 5.41) is 8.35. The molecule has 6 heteroatoms. The van der Waals surface area contributed by atoms with Crippen molar-refractivity contribution in [1.29, 1.82) is 0 Å². The topological polar surface area (TPSA) is 36.4 Å². The summed E-state index contributed by atoms with van der Waals surface area (Å²) in [6.45, 7) is 1.26. The van der Waals surface area contributed by atoms with Crippen LogP contribution in [-0.2, 0) is 12.8 Å². The first kappa shape index (κ1) is 16.4. The van der Waals surface area contributed by atoms with E-state index in [0.29, 0.717) is 24.5 Å². The zero-order valence-electron chi connectivity index (χ0n) is 12.4. The molecule has 0 aliphatic rings. The van der Waals surface area contributed by atoms with Crippen LogP contribution >= 0.6 is 11.3 Å². The van der Waals surface area contributed by atoms with Gasteiger partial charge in [0.05, 0.1) is 0 Å². The monoisotopic (exact) mass is 323 g/mol. The van der Waals surface area contributed by atoms with Gasteiger partial charge in [-0.3, -0.25) is 4.99 Å². The van der Waals surface area contributed by atoms with Crippen LogP contribution in [0.1, 0.15) is 10.4 Å². The van der Waals surface area contributed by atoms with E-state index < -0.39 is 5.82 Å². The number of rotatable bonds is 6. The third kappa shape index (κ3) is 5.11. The lowest BCUT2D eigenvalue weighted by atomic mass is 10.1. The molecule has 2 aromatic rings. The molecule has 3 nitrogen and oxygen atoms in total. The Morgan fingerprint density at radius 1 is 1.14 bits per heavy atom. The van der Waals surface area contributed by atoms with Crippen molar-refractivity contribution >= 4 is 17.3 Å². The molecule has 0 saturated carbocycles. The van der Waals surface area contributed by atoms with Gasteiger partial charge in [-0.1, -0.05) is 6.07 Å². The molecule has 2 rings (SSSR count). The Bertz CT molecular complexity index is 612. The molecule has 1 aromatic carbocycles. The van der Waals surface area contributed by atoms with E-state index in [4.69, 9.17) is 0 Å². The Hall–Kier alpha value is -1.95. The van der Waals surface area contributed by atoms with Crippen molar-refractivity contribution in [3.8, 4) is 0 Å². The molecule has 0 saturated heterocycles. The molecule has 0 unspecified atom stereocenters. The molecule has 0 amide bonds. The molecule has 0 spiro atoms. The van der Waals surface area contributed by atoms with E-state index in [2.05, 4.69) is 27.1 Å². The number of thiophene rings is 1. The SMILES string of the molecule is CN=C(NCCc1cccs1)NCCc1cc(F)ccc1F. The van der Waals surface area contributed by atoms with Gasteiger partial charge in [-0.2, -0.15) is 0 Å². The van der Waals surface area contributed by atoms with E-state index in [0.717, 1.165) is 25.1 Å². The number of nitrogens with zero attached hydrogens (tertiary/aromatic N) is 1. The van der Waals surface area contributed by atoms with Crippen LogP contribution in [0.4, 0.5) is 8.78 Å². The highest BCUT2D eigenvalue weighted by Crippen LogP contribution is 2.10. The van der Waals surface area contributed by atoms with Gasteiger partial charge in [0, 0.05) is 25.0 Å². The summed E-state index contributed by atoms with van der Waals surface area (Å²) in [5.74, 6) is -0.146. The van der Waals surface area contributed by atoms with Gasteiger partial charge in [0.1, 0.15) is 11.6 Å².